The standard InChI is InChI=1S/C11H10N4/c1-13-11-10(12)14-8-15(11)7-9-5-3-2-4-6-9/h2-6,8H,7,12H2. The topological polar surface area (TPSA) is 48.2 Å². The van der Waals surface area contributed by atoms with Crippen molar-refractivity contribution in [2.45, 2.75) is 6.54 Å². The quantitative estimate of drug-likeness (QED) is 0.751. The molecule has 1 aromatic heterocycles. The van der Waals surface area contributed by atoms with Crippen LogP contribution in [0.4, 0.5) is 11.6 Å². The maximum Gasteiger partial charge on any atom is 0.273 e. The molecule has 0 atom stereocenters. The number of hydrogen-bond donors (Lipinski definition) is 1. The summed E-state index contributed by atoms with van der Waals surface area (Å²) in [5.41, 5.74) is 6.68. The van der Waals surface area contributed by atoms with E-state index in [-0.39, 0.29) is 0 Å². The van der Waals surface area contributed by atoms with Gasteiger partial charge in [-0.05, 0) is 5.56 Å². The average Bonchev–Trinajstić information content (AvgIpc) is 2.61. The molecule has 1 heterocycles. The largest absolute Gasteiger partial charge is 0.391 e. The van der Waals surface area contributed by atoms with Gasteiger partial charge in [0.25, 0.3) is 5.82 Å². The first kappa shape index (κ1) is 9.28. The van der Waals surface area contributed by atoms with Gasteiger partial charge in [0, 0.05) is 0 Å². The van der Waals surface area contributed by atoms with E-state index >= 15 is 0 Å². The summed E-state index contributed by atoms with van der Waals surface area (Å²) in [4.78, 5) is 7.26. The zero-order valence-corrected chi connectivity index (χ0v) is 8.09. The molecule has 2 N–H and O–H groups in total. The molecule has 0 aliphatic heterocycles. The van der Waals surface area contributed by atoms with Crippen LogP contribution in [0.2, 0.25) is 0 Å². The number of benzene rings is 1. The predicted octanol–water partition coefficient (Wildman–Crippen LogP) is 2.06. The van der Waals surface area contributed by atoms with Crippen LogP contribution < -0.4 is 5.73 Å². The molecule has 2 rings (SSSR count). The molecule has 0 saturated carbocycles. The van der Waals surface area contributed by atoms with Crippen molar-refractivity contribution in [3.63, 3.8) is 0 Å². The first-order chi connectivity index (χ1) is 7.31. The lowest BCUT2D eigenvalue weighted by Crippen LogP contribution is -1.96. The van der Waals surface area contributed by atoms with Crippen molar-refractivity contribution in [1.82, 2.24) is 9.55 Å². The average molecular weight is 198 g/mol. The number of imidazole rings is 1. The van der Waals surface area contributed by atoms with Gasteiger partial charge in [0.15, 0.2) is 6.33 Å². The van der Waals surface area contributed by atoms with Crippen LogP contribution in [0.1, 0.15) is 5.56 Å². The summed E-state index contributed by atoms with van der Waals surface area (Å²) in [5.74, 6) is 0.694. The summed E-state index contributed by atoms with van der Waals surface area (Å²) in [6, 6.07) is 9.90. The molecular formula is C11H10N4. The van der Waals surface area contributed by atoms with E-state index < -0.39 is 0 Å². The van der Waals surface area contributed by atoms with E-state index in [9.17, 15) is 0 Å². The molecule has 0 aliphatic carbocycles. The van der Waals surface area contributed by atoms with Gasteiger partial charge in [0.2, 0.25) is 0 Å². The van der Waals surface area contributed by atoms with Gasteiger partial charge in [-0.1, -0.05) is 36.9 Å². The summed E-state index contributed by atoms with van der Waals surface area (Å²) in [5, 5.41) is 0. The van der Waals surface area contributed by atoms with Crippen LogP contribution in [0, 0.1) is 6.57 Å². The lowest BCUT2D eigenvalue weighted by atomic mass is 10.2. The van der Waals surface area contributed by atoms with Crippen LogP contribution in [-0.4, -0.2) is 9.55 Å². The normalized spacial score (nSPS) is 9.80. The highest BCUT2D eigenvalue weighted by molar-refractivity contribution is 5.58. The highest BCUT2D eigenvalue weighted by Gasteiger charge is 2.08. The fourth-order valence-corrected chi connectivity index (χ4v) is 1.41. The van der Waals surface area contributed by atoms with Gasteiger partial charge in [-0.25, -0.2) is 4.98 Å². The maximum absolute atomic E-state index is 6.99. The molecule has 0 radical (unpaired) electrons. The molecule has 2 aromatic rings. The molecular weight excluding hydrogens is 188 g/mol. The van der Waals surface area contributed by atoms with Gasteiger partial charge in [0.05, 0.1) is 0 Å². The highest BCUT2D eigenvalue weighted by atomic mass is 15.1. The SMILES string of the molecule is [C-]#[N+]c1c(N)ncn1Cc1ccccc1. The van der Waals surface area contributed by atoms with E-state index in [0.717, 1.165) is 5.56 Å². The van der Waals surface area contributed by atoms with Crippen LogP contribution in [0.5, 0.6) is 0 Å². The highest BCUT2D eigenvalue weighted by Crippen LogP contribution is 2.21. The Labute approximate surface area is 87.8 Å². The third-order valence-electron chi connectivity index (χ3n) is 2.14. The van der Waals surface area contributed by atoms with Crippen LogP contribution in [0.25, 0.3) is 4.85 Å². The van der Waals surface area contributed by atoms with E-state index in [1.165, 1.54) is 0 Å². The van der Waals surface area contributed by atoms with Crippen LogP contribution >= 0.6 is 0 Å². The number of nitrogens with two attached hydrogens (primary N) is 1. The van der Waals surface area contributed by atoms with Crippen molar-refractivity contribution < 1.29 is 0 Å². The van der Waals surface area contributed by atoms with Gasteiger partial charge < -0.3 is 10.6 Å². The third kappa shape index (κ3) is 1.81. The molecule has 1 aromatic carbocycles. The fourth-order valence-electron chi connectivity index (χ4n) is 1.41. The van der Waals surface area contributed by atoms with Gasteiger partial charge in [-0.3, -0.25) is 4.57 Å². The molecule has 0 saturated heterocycles. The van der Waals surface area contributed by atoms with Crippen LogP contribution in [-0.2, 0) is 6.54 Å². The monoisotopic (exact) mass is 198 g/mol. The number of nitrogen functional groups attached to an aromatic ring is 1. The summed E-state index contributed by atoms with van der Waals surface area (Å²) < 4.78 is 1.75. The van der Waals surface area contributed by atoms with Crippen molar-refractivity contribution in [3.8, 4) is 0 Å². The molecule has 0 fully saturated rings. The zero-order chi connectivity index (χ0) is 10.7. The van der Waals surface area contributed by atoms with Crippen molar-refractivity contribution in [3.05, 3.63) is 53.6 Å². The molecule has 4 heteroatoms. The Morgan fingerprint density at radius 1 is 1.33 bits per heavy atom. The van der Waals surface area contributed by atoms with E-state index in [1.54, 1.807) is 10.9 Å². The Hall–Kier alpha value is -2.28. The van der Waals surface area contributed by atoms with Crippen LogP contribution in [0.3, 0.4) is 0 Å². The Balaban J connectivity index is 2.30. The van der Waals surface area contributed by atoms with Gasteiger partial charge in [0.1, 0.15) is 12.4 Å². The number of anilines is 1. The van der Waals surface area contributed by atoms with Crippen LogP contribution in [0.15, 0.2) is 36.7 Å². The minimum Gasteiger partial charge on any atom is -0.391 e. The molecule has 15 heavy (non-hydrogen) atoms. The summed E-state index contributed by atoms with van der Waals surface area (Å²) >= 11 is 0. The second-order valence-corrected chi connectivity index (χ2v) is 3.18. The van der Waals surface area contributed by atoms with E-state index in [0.29, 0.717) is 18.2 Å². The molecule has 74 valence electrons. The van der Waals surface area contributed by atoms with Crippen molar-refractivity contribution in [2.75, 3.05) is 5.73 Å². The smallest absolute Gasteiger partial charge is 0.273 e. The first-order valence-electron chi connectivity index (χ1n) is 4.53. The van der Waals surface area contributed by atoms with Gasteiger partial charge in [-0.2, -0.15) is 0 Å². The first-order valence-corrected chi connectivity index (χ1v) is 4.53. The van der Waals surface area contributed by atoms with Gasteiger partial charge >= 0.3 is 0 Å². The minimum atomic E-state index is 0.293. The number of rotatable bonds is 2. The minimum absolute atomic E-state index is 0.293. The van der Waals surface area contributed by atoms with E-state index in [4.69, 9.17) is 12.3 Å². The Morgan fingerprint density at radius 2 is 2.07 bits per heavy atom. The summed E-state index contributed by atoms with van der Waals surface area (Å²) in [6.07, 6.45) is 1.59. The zero-order valence-electron chi connectivity index (χ0n) is 8.09. The second-order valence-electron chi connectivity index (χ2n) is 3.18. The number of hydrogen-bond acceptors (Lipinski definition) is 2. The fraction of sp³-hybridized carbons (Fsp3) is 0.0909. The number of nitrogens with zero attached hydrogens (tertiary/aromatic N) is 3. The molecule has 0 aliphatic rings. The van der Waals surface area contributed by atoms with Gasteiger partial charge in [-0.15, -0.1) is 0 Å². The second kappa shape index (κ2) is 3.84. The third-order valence-corrected chi connectivity index (χ3v) is 2.14. The van der Waals surface area contributed by atoms with Crippen molar-refractivity contribution in [2.24, 2.45) is 0 Å². The van der Waals surface area contributed by atoms with E-state index in [1.807, 2.05) is 30.3 Å². The molecule has 0 bridgehead atoms. The Kier molecular flexibility index (Phi) is 2.38. The number of aromatic nitrogens is 2. The summed E-state index contributed by atoms with van der Waals surface area (Å²) in [6.45, 7) is 7.62. The van der Waals surface area contributed by atoms with Crippen molar-refractivity contribution >= 4 is 11.6 Å². The molecule has 0 amide bonds. The Morgan fingerprint density at radius 3 is 2.73 bits per heavy atom. The van der Waals surface area contributed by atoms with E-state index in [2.05, 4.69) is 9.83 Å². The predicted molar refractivity (Wildman–Crippen MR) is 58.4 cm³/mol. The lowest BCUT2D eigenvalue weighted by Gasteiger charge is -2.01. The molecule has 0 spiro atoms. The van der Waals surface area contributed by atoms with Crippen molar-refractivity contribution in [1.29, 1.82) is 0 Å². The Bertz CT molecular complexity index is 493. The molecule has 0 unspecified atom stereocenters. The maximum atomic E-state index is 6.99. The lowest BCUT2D eigenvalue weighted by molar-refractivity contribution is 0.811. The molecule has 4 nitrogen and oxygen atoms in total. The summed E-state index contributed by atoms with van der Waals surface area (Å²) in [7, 11) is 0.